The molecule has 1 amide bonds. The minimum absolute atomic E-state index is 0.0143. The lowest BCUT2D eigenvalue weighted by Gasteiger charge is -2.50. The summed E-state index contributed by atoms with van der Waals surface area (Å²) < 4.78 is 36.3. The zero-order chi connectivity index (χ0) is 17.9. The van der Waals surface area contributed by atoms with Crippen molar-refractivity contribution in [1.29, 1.82) is 0 Å². The molecule has 2 heterocycles. The lowest BCUT2D eigenvalue weighted by molar-refractivity contribution is -0.167. The van der Waals surface area contributed by atoms with Gasteiger partial charge in [0.2, 0.25) is 10.0 Å². The summed E-state index contributed by atoms with van der Waals surface area (Å²) in [6.45, 7) is 2.17. The summed E-state index contributed by atoms with van der Waals surface area (Å²) in [5.41, 5.74) is -0.318. The summed E-state index contributed by atoms with van der Waals surface area (Å²) in [5, 5.41) is 0. The second kappa shape index (κ2) is 7.31. The summed E-state index contributed by atoms with van der Waals surface area (Å²) in [7, 11) is -3.17. The third-order valence-corrected chi connectivity index (χ3v) is 5.56. The normalized spacial score (nSPS) is 22.0. The number of rotatable bonds is 7. The van der Waals surface area contributed by atoms with Gasteiger partial charge in [0.05, 0.1) is 19.3 Å². The summed E-state index contributed by atoms with van der Waals surface area (Å²) in [4.78, 5) is 14.0. The number of nitrogens with one attached hydrogen (secondary N) is 1. The van der Waals surface area contributed by atoms with Crippen molar-refractivity contribution in [2.45, 2.75) is 18.4 Å². The molecule has 1 atom stereocenters. The van der Waals surface area contributed by atoms with Crippen LogP contribution in [0.4, 0.5) is 0 Å². The van der Waals surface area contributed by atoms with Gasteiger partial charge in [-0.05, 0) is 30.9 Å². The van der Waals surface area contributed by atoms with Crippen molar-refractivity contribution in [2.24, 2.45) is 5.92 Å². The molecule has 0 saturated carbocycles. The predicted octanol–water partition coefficient (Wildman–Crippen LogP) is 0.622. The van der Waals surface area contributed by atoms with E-state index in [1.165, 1.54) is 0 Å². The Hall–Kier alpha value is -1.64. The van der Waals surface area contributed by atoms with Gasteiger partial charge >= 0.3 is 0 Å². The molecule has 0 radical (unpaired) electrons. The average Bonchev–Trinajstić information content (AvgIpc) is 2.95. The topological polar surface area (TPSA) is 84.9 Å². The van der Waals surface area contributed by atoms with Crippen LogP contribution >= 0.6 is 0 Å². The lowest BCUT2D eigenvalue weighted by Crippen LogP contribution is -2.66. The van der Waals surface area contributed by atoms with E-state index in [1.54, 1.807) is 4.90 Å². The molecule has 1 aromatic rings. The van der Waals surface area contributed by atoms with Crippen LogP contribution in [0.5, 0.6) is 5.75 Å². The Kier molecular flexibility index (Phi) is 5.31. The zero-order valence-electron chi connectivity index (χ0n) is 14.3. The van der Waals surface area contributed by atoms with E-state index in [9.17, 15) is 13.2 Å². The highest BCUT2D eigenvalue weighted by atomic mass is 32.2. The number of benzene rings is 1. The first-order valence-electron chi connectivity index (χ1n) is 8.42. The maximum Gasteiger partial charge on any atom is 0.260 e. The molecule has 3 rings (SSSR count). The second-order valence-electron chi connectivity index (χ2n) is 6.71. The maximum atomic E-state index is 12.2. The molecule has 0 unspecified atom stereocenters. The van der Waals surface area contributed by atoms with Crippen molar-refractivity contribution in [3.8, 4) is 5.75 Å². The molecule has 7 nitrogen and oxygen atoms in total. The number of hydrogen-bond acceptors (Lipinski definition) is 5. The van der Waals surface area contributed by atoms with E-state index in [1.807, 2.05) is 30.3 Å². The Morgan fingerprint density at radius 1 is 1.36 bits per heavy atom. The fraction of sp³-hybridized carbons (Fsp3) is 0.588. The third-order valence-electron chi connectivity index (χ3n) is 4.83. The molecule has 2 aliphatic rings. The Bertz CT molecular complexity index is 701. The van der Waals surface area contributed by atoms with E-state index in [-0.39, 0.29) is 24.0 Å². The highest BCUT2D eigenvalue weighted by Crippen LogP contribution is 2.41. The molecule has 0 bridgehead atoms. The van der Waals surface area contributed by atoms with Gasteiger partial charge in [0.25, 0.3) is 5.91 Å². The molecule has 1 spiro atoms. The van der Waals surface area contributed by atoms with Crippen LogP contribution in [0.1, 0.15) is 12.8 Å². The number of hydrogen-bond donors (Lipinski definition) is 1. The summed E-state index contributed by atoms with van der Waals surface area (Å²) in [6, 6.07) is 9.25. The monoisotopic (exact) mass is 368 g/mol. The van der Waals surface area contributed by atoms with Crippen molar-refractivity contribution in [2.75, 3.05) is 39.1 Å². The number of likely N-dealkylation sites (tertiary alicyclic amines) is 1. The van der Waals surface area contributed by atoms with Gasteiger partial charge in [-0.25, -0.2) is 13.1 Å². The molecule has 25 heavy (non-hydrogen) atoms. The van der Waals surface area contributed by atoms with Crippen LogP contribution in [0, 0.1) is 5.92 Å². The molecule has 0 aromatic heterocycles. The minimum Gasteiger partial charge on any atom is -0.484 e. The van der Waals surface area contributed by atoms with Crippen molar-refractivity contribution < 1.29 is 22.7 Å². The Labute approximate surface area is 148 Å². The number of nitrogens with zero attached hydrogens (tertiary/aromatic N) is 1. The molecule has 1 N–H and O–H groups in total. The number of ether oxygens (including phenoxy) is 2. The van der Waals surface area contributed by atoms with E-state index in [2.05, 4.69) is 4.72 Å². The van der Waals surface area contributed by atoms with Gasteiger partial charge in [-0.2, -0.15) is 0 Å². The van der Waals surface area contributed by atoms with Crippen LogP contribution in [0.3, 0.4) is 0 Å². The van der Waals surface area contributed by atoms with Gasteiger partial charge in [0.1, 0.15) is 11.4 Å². The molecular weight excluding hydrogens is 344 g/mol. The van der Waals surface area contributed by atoms with Crippen LogP contribution < -0.4 is 9.46 Å². The van der Waals surface area contributed by atoms with Crippen LogP contribution in [0.2, 0.25) is 0 Å². The lowest BCUT2D eigenvalue weighted by atomic mass is 9.79. The van der Waals surface area contributed by atoms with Gasteiger partial charge in [0.15, 0.2) is 6.61 Å². The highest BCUT2D eigenvalue weighted by Gasteiger charge is 2.54. The van der Waals surface area contributed by atoms with Crippen LogP contribution in [-0.4, -0.2) is 63.9 Å². The van der Waals surface area contributed by atoms with Gasteiger partial charge in [-0.15, -0.1) is 0 Å². The molecule has 0 aliphatic carbocycles. The SMILES string of the molecule is CS(=O)(=O)NCC[C@H]1CCOC12CN(C(=O)COc1ccccc1)C2. The highest BCUT2D eigenvalue weighted by molar-refractivity contribution is 7.88. The fourth-order valence-corrected chi connectivity index (χ4v) is 3.98. The fourth-order valence-electron chi connectivity index (χ4n) is 3.49. The molecule has 2 saturated heterocycles. The van der Waals surface area contributed by atoms with E-state index in [0.29, 0.717) is 32.0 Å². The van der Waals surface area contributed by atoms with Gasteiger partial charge in [-0.1, -0.05) is 18.2 Å². The molecule has 138 valence electrons. The van der Waals surface area contributed by atoms with E-state index >= 15 is 0 Å². The van der Waals surface area contributed by atoms with Crippen molar-refractivity contribution in [1.82, 2.24) is 9.62 Å². The number of carbonyl (C=O) groups excluding carboxylic acids is 1. The molecule has 2 aliphatic heterocycles. The van der Waals surface area contributed by atoms with Crippen LogP contribution in [-0.2, 0) is 19.6 Å². The molecular formula is C17H24N2O5S. The minimum atomic E-state index is -3.17. The standard InChI is InChI=1S/C17H24N2O5S/c1-25(21,22)18-9-7-14-8-10-24-17(14)12-19(13-17)16(20)11-23-15-5-3-2-4-6-15/h2-6,14,18H,7-13H2,1H3/t14-/m0/s1. The summed E-state index contributed by atoms with van der Waals surface area (Å²) in [5.74, 6) is 0.881. The Balaban J connectivity index is 1.45. The van der Waals surface area contributed by atoms with Crippen molar-refractivity contribution in [3.05, 3.63) is 30.3 Å². The van der Waals surface area contributed by atoms with Crippen LogP contribution in [0.15, 0.2) is 30.3 Å². The molecule has 2 fully saturated rings. The van der Waals surface area contributed by atoms with E-state index in [4.69, 9.17) is 9.47 Å². The van der Waals surface area contributed by atoms with Gasteiger partial charge in [0, 0.05) is 13.2 Å². The number of sulfonamides is 1. The first kappa shape index (κ1) is 18.2. The summed E-state index contributed by atoms with van der Waals surface area (Å²) >= 11 is 0. The van der Waals surface area contributed by atoms with E-state index < -0.39 is 10.0 Å². The number of amides is 1. The summed E-state index contributed by atoms with van der Waals surface area (Å²) in [6.07, 6.45) is 2.77. The molecule has 8 heteroatoms. The first-order valence-corrected chi connectivity index (χ1v) is 10.3. The van der Waals surface area contributed by atoms with Gasteiger partial charge < -0.3 is 14.4 Å². The first-order chi connectivity index (χ1) is 11.9. The zero-order valence-corrected chi connectivity index (χ0v) is 15.1. The van der Waals surface area contributed by atoms with Crippen LogP contribution in [0.25, 0.3) is 0 Å². The predicted molar refractivity (Wildman–Crippen MR) is 92.8 cm³/mol. The largest absolute Gasteiger partial charge is 0.484 e. The smallest absolute Gasteiger partial charge is 0.260 e. The van der Waals surface area contributed by atoms with Crippen molar-refractivity contribution in [3.63, 3.8) is 0 Å². The Morgan fingerprint density at radius 2 is 2.08 bits per heavy atom. The third kappa shape index (κ3) is 4.50. The van der Waals surface area contributed by atoms with Gasteiger partial charge in [-0.3, -0.25) is 4.79 Å². The Morgan fingerprint density at radius 3 is 2.76 bits per heavy atom. The quantitative estimate of drug-likeness (QED) is 0.763. The maximum absolute atomic E-state index is 12.2. The molecule has 1 aromatic carbocycles. The number of carbonyl (C=O) groups is 1. The van der Waals surface area contributed by atoms with Crippen molar-refractivity contribution >= 4 is 15.9 Å². The van der Waals surface area contributed by atoms with E-state index in [0.717, 1.165) is 19.1 Å². The average molecular weight is 368 g/mol. The second-order valence-corrected chi connectivity index (χ2v) is 8.54. The number of para-hydroxylation sites is 1.